The third-order valence-corrected chi connectivity index (χ3v) is 3.67. The summed E-state index contributed by atoms with van der Waals surface area (Å²) < 4.78 is 5.07. The average Bonchev–Trinajstić information content (AvgIpc) is 2.47. The quantitative estimate of drug-likeness (QED) is 0.794. The first kappa shape index (κ1) is 14.6. The van der Waals surface area contributed by atoms with E-state index in [-0.39, 0.29) is 18.2 Å². The molecule has 1 aliphatic heterocycles. The van der Waals surface area contributed by atoms with E-state index >= 15 is 0 Å². The molecule has 108 valence electrons. The van der Waals surface area contributed by atoms with Gasteiger partial charge >= 0.3 is 0 Å². The van der Waals surface area contributed by atoms with Gasteiger partial charge in [-0.2, -0.15) is 0 Å². The summed E-state index contributed by atoms with van der Waals surface area (Å²) in [5.74, 6) is 0.817. The van der Waals surface area contributed by atoms with Gasteiger partial charge in [0.15, 0.2) is 5.78 Å². The Hall–Kier alpha value is -1.84. The Kier molecular flexibility index (Phi) is 5.16. The number of amides is 1. The number of likely N-dealkylation sites (tertiary alicyclic amines) is 1. The zero-order valence-electron chi connectivity index (χ0n) is 11.9. The number of methoxy groups -OCH3 is 1. The summed E-state index contributed by atoms with van der Waals surface area (Å²) in [5.41, 5.74) is 0.626. The largest absolute Gasteiger partial charge is 0.497 e. The molecule has 1 saturated heterocycles. The van der Waals surface area contributed by atoms with E-state index in [1.807, 2.05) is 0 Å². The van der Waals surface area contributed by atoms with Gasteiger partial charge in [-0.3, -0.25) is 9.59 Å². The Labute approximate surface area is 119 Å². The highest BCUT2D eigenvalue weighted by atomic mass is 16.5. The minimum absolute atomic E-state index is 0.0124. The standard InChI is InChI=1S/C16H21NO3/c1-20-14-9-7-13(8-10-14)15(18)12-17-11-5-3-2-4-6-16(17)19/h7-10H,2-6,11-12H2,1H3. The van der Waals surface area contributed by atoms with E-state index in [9.17, 15) is 9.59 Å². The predicted molar refractivity (Wildman–Crippen MR) is 77.0 cm³/mol. The Morgan fingerprint density at radius 3 is 2.55 bits per heavy atom. The maximum Gasteiger partial charge on any atom is 0.222 e. The topological polar surface area (TPSA) is 46.6 Å². The fourth-order valence-corrected chi connectivity index (χ4v) is 2.42. The molecule has 0 spiro atoms. The van der Waals surface area contributed by atoms with Gasteiger partial charge in [0.1, 0.15) is 5.75 Å². The summed E-state index contributed by atoms with van der Waals surface area (Å²) in [4.78, 5) is 25.9. The lowest BCUT2D eigenvalue weighted by atomic mass is 10.1. The van der Waals surface area contributed by atoms with Crippen molar-refractivity contribution >= 4 is 11.7 Å². The highest BCUT2D eigenvalue weighted by molar-refractivity contribution is 5.99. The van der Waals surface area contributed by atoms with Crippen LogP contribution in [0.2, 0.25) is 0 Å². The highest BCUT2D eigenvalue weighted by Crippen LogP contribution is 2.15. The molecule has 1 aliphatic rings. The van der Waals surface area contributed by atoms with Gasteiger partial charge in [0.2, 0.25) is 5.91 Å². The number of Topliss-reactive ketones (excluding diaryl/α,β-unsaturated/α-hetero) is 1. The Morgan fingerprint density at radius 1 is 1.15 bits per heavy atom. The van der Waals surface area contributed by atoms with Crippen molar-refractivity contribution in [3.8, 4) is 5.75 Å². The molecule has 0 saturated carbocycles. The van der Waals surface area contributed by atoms with Crippen molar-refractivity contribution in [3.63, 3.8) is 0 Å². The molecule has 0 aromatic heterocycles. The maximum atomic E-state index is 12.2. The van der Waals surface area contributed by atoms with E-state index in [1.165, 1.54) is 0 Å². The fraction of sp³-hybridized carbons (Fsp3) is 0.500. The summed E-state index contributed by atoms with van der Waals surface area (Å²) in [5, 5.41) is 0. The molecule has 1 aromatic carbocycles. The number of ether oxygens (including phenoxy) is 1. The monoisotopic (exact) mass is 275 g/mol. The summed E-state index contributed by atoms with van der Waals surface area (Å²) in [6.45, 7) is 0.881. The second-order valence-corrected chi connectivity index (χ2v) is 5.13. The molecule has 0 atom stereocenters. The molecule has 0 radical (unpaired) electrons. The van der Waals surface area contributed by atoms with Crippen LogP contribution in [0.3, 0.4) is 0 Å². The molecule has 1 fully saturated rings. The molecule has 1 aromatic rings. The molecule has 0 unspecified atom stereocenters. The van der Waals surface area contributed by atoms with E-state index in [4.69, 9.17) is 4.74 Å². The second-order valence-electron chi connectivity index (χ2n) is 5.13. The van der Waals surface area contributed by atoms with Crippen LogP contribution in [0.1, 0.15) is 42.5 Å². The number of benzene rings is 1. The number of rotatable bonds is 4. The summed E-state index contributed by atoms with van der Waals surface area (Å²) >= 11 is 0. The minimum Gasteiger partial charge on any atom is -0.497 e. The van der Waals surface area contributed by atoms with Crippen molar-refractivity contribution in [1.82, 2.24) is 4.90 Å². The third-order valence-electron chi connectivity index (χ3n) is 3.67. The lowest BCUT2D eigenvalue weighted by Crippen LogP contribution is -2.37. The molecular weight excluding hydrogens is 254 g/mol. The molecule has 4 heteroatoms. The van der Waals surface area contributed by atoms with Gasteiger partial charge in [-0.1, -0.05) is 12.8 Å². The first-order valence-electron chi connectivity index (χ1n) is 7.16. The molecular formula is C16H21NO3. The van der Waals surface area contributed by atoms with Crippen LogP contribution < -0.4 is 4.74 Å². The van der Waals surface area contributed by atoms with E-state index in [0.717, 1.165) is 31.4 Å². The summed E-state index contributed by atoms with van der Waals surface area (Å²) in [6, 6.07) is 7.02. The number of carbonyl (C=O) groups excluding carboxylic acids is 2. The Morgan fingerprint density at radius 2 is 1.85 bits per heavy atom. The Balaban J connectivity index is 1.99. The molecule has 2 rings (SSSR count). The van der Waals surface area contributed by atoms with Crippen LogP contribution in [-0.4, -0.2) is 36.8 Å². The van der Waals surface area contributed by atoms with Gasteiger partial charge < -0.3 is 9.64 Å². The second kappa shape index (κ2) is 7.08. The zero-order chi connectivity index (χ0) is 14.4. The van der Waals surface area contributed by atoms with Gasteiger partial charge in [0, 0.05) is 18.5 Å². The van der Waals surface area contributed by atoms with Crippen molar-refractivity contribution in [2.45, 2.75) is 32.1 Å². The zero-order valence-corrected chi connectivity index (χ0v) is 11.9. The molecule has 0 bridgehead atoms. The molecule has 0 N–H and O–H groups in total. The smallest absolute Gasteiger partial charge is 0.222 e. The van der Waals surface area contributed by atoms with Crippen LogP contribution in [0.5, 0.6) is 5.75 Å². The van der Waals surface area contributed by atoms with Crippen molar-refractivity contribution in [2.75, 3.05) is 20.2 Å². The van der Waals surface area contributed by atoms with Crippen LogP contribution in [0, 0.1) is 0 Å². The van der Waals surface area contributed by atoms with Crippen LogP contribution in [0.15, 0.2) is 24.3 Å². The van der Waals surface area contributed by atoms with E-state index in [2.05, 4.69) is 0 Å². The van der Waals surface area contributed by atoms with Gasteiger partial charge in [-0.15, -0.1) is 0 Å². The van der Waals surface area contributed by atoms with Crippen LogP contribution in [0.25, 0.3) is 0 Å². The number of nitrogens with zero attached hydrogens (tertiary/aromatic N) is 1. The number of hydrogen-bond acceptors (Lipinski definition) is 3. The van der Waals surface area contributed by atoms with Crippen molar-refractivity contribution in [2.24, 2.45) is 0 Å². The summed E-state index contributed by atoms with van der Waals surface area (Å²) in [6.07, 6.45) is 4.75. The highest BCUT2D eigenvalue weighted by Gasteiger charge is 2.19. The molecule has 20 heavy (non-hydrogen) atoms. The van der Waals surface area contributed by atoms with E-state index in [1.54, 1.807) is 36.3 Å². The third kappa shape index (κ3) is 3.83. The lowest BCUT2D eigenvalue weighted by Gasteiger charge is -2.24. The first-order valence-corrected chi connectivity index (χ1v) is 7.16. The van der Waals surface area contributed by atoms with Crippen LogP contribution in [0.4, 0.5) is 0 Å². The van der Waals surface area contributed by atoms with Crippen molar-refractivity contribution < 1.29 is 14.3 Å². The summed E-state index contributed by atoms with van der Waals surface area (Å²) in [7, 11) is 1.59. The van der Waals surface area contributed by atoms with Gasteiger partial charge in [-0.05, 0) is 37.1 Å². The normalized spacial score (nSPS) is 16.4. The van der Waals surface area contributed by atoms with Gasteiger partial charge in [0.25, 0.3) is 0 Å². The number of ketones is 1. The van der Waals surface area contributed by atoms with Gasteiger partial charge in [0.05, 0.1) is 13.7 Å². The molecule has 0 aliphatic carbocycles. The molecule has 1 heterocycles. The van der Waals surface area contributed by atoms with Crippen LogP contribution in [-0.2, 0) is 4.79 Å². The molecule has 1 amide bonds. The first-order chi connectivity index (χ1) is 9.70. The van der Waals surface area contributed by atoms with Crippen molar-refractivity contribution in [3.05, 3.63) is 29.8 Å². The minimum atomic E-state index is -0.0124. The van der Waals surface area contributed by atoms with E-state index in [0.29, 0.717) is 18.5 Å². The number of hydrogen-bond donors (Lipinski definition) is 0. The number of carbonyl (C=O) groups is 2. The predicted octanol–water partition coefficient (Wildman–Crippen LogP) is 2.67. The van der Waals surface area contributed by atoms with E-state index < -0.39 is 0 Å². The maximum absolute atomic E-state index is 12.2. The fourth-order valence-electron chi connectivity index (χ4n) is 2.42. The van der Waals surface area contributed by atoms with Crippen molar-refractivity contribution in [1.29, 1.82) is 0 Å². The SMILES string of the molecule is COc1ccc(C(=O)CN2CCCCCCC2=O)cc1. The van der Waals surface area contributed by atoms with Crippen LogP contribution >= 0.6 is 0 Å². The van der Waals surface area contributed by atoms with Gasteiger partial charge in [-0.25, -0.2) is 0 Å². The average molecular weight is 275 g/mol. The Bertz CT molecular complexity index is 467. The molecule has 4 nitrogen and oxygen atoms in total. The lowest BCUT2D eigenvalue weighted by molar-refractivity contribution is -0.131.